The van der Waals surface area contributed by atoms with Crippen LogP contribution in [-0.2, 0) is 4.74 Å². The number of fused-ring (bicyclic) bond motifs is 1. The van der Waals surface area contributed by atoms with Crippen molar-refractivity contribution >= 4 is 22.7 Å². The van der Waals surface area contributed by atoms with Crippen molar-refractivity contribution in [1.82, 2.24) is 9.78 Å². The highest BCUT2D eigenvalue weighted by Crippen LogP contribution is 2.21. The highest BCUT2D eigenvalue weighted by Gasteiger charge is 2.21. The van der Waals surface area contributed by atoms with E-state index in [2.05, 4.69) is 5.10 Å². The molecule has 0 saturated heterocycles. The maximum atomic E-state index is 11.6. The molecule has 0 spiro atoms. The minimum Gasteiger partial charge on any atom is -0.448 e. The molecule has 0 aliphatic carbocycles. The van der Waals surface area contributed by atoms with Crippen molar-refractivity contribution in [2.75, 3.05) is 6.61 Å². The molecule has 0 atom stereocenters. The largest absolute Gasteiger partial charge is 0.448 e. The van der Waals surface area contributed by atoms with Gasteiger partial charge in [0, 0.05) is 6.07 Å². The first kappa shape index (κ1) is 11.8. The number of rotatable bonds is 2. The van der Waals surface area contributed by atoms with Crippen molar-refractivity contribution in [2.45, 2.75) is 6.92 Å². The average molecular weight is 251 g/mol. The molecular weight excluding hydrogens is 242 g/mol. The first-order valence-electron chi connectivity index (χ1n) is 5.11. The van der Waals surface area contributed by atoms with Crippen LogP contribution < -0.4 is 5.56 Å². The number of ether oxygens (including phenoxy) is 1. The Morgan fingerprint density at radius 3 is 2.89 bits per heavy atom. The fourth-order valence-corrected chi connectivity index (χ4v) is 1.65. The van der Waals surface area contributed by atoms with Gasteiger partial charge < -0.3 is 4.74 Å². The minimum absolute atomic E-state index is 0.118. The molecule has 1 aromatic heterocycles. The highest BCUT2D eigenvalue weighted by atomic mass is 16.6. The van der Waals surface area contributed by atoms with E-state index in [1.54, 1.807) is 6.92 Å². The van der Waals surface area contributed by atoms with Crippen LogP contribution in [0.5, 0.6) is 0 Å². The van der Waals surface area contributed by atoms with Gasteiger partial charge in [0.2, 0.25) is 0 Å². The Hall–Kier alpha value is -2.64. The third-order valence-electron chi connectivity index (χ3n) is 2.35. The Kier molecular flexibility index (Phi) is 2.84. The number of H-pyrrole nitrogens is 1. The number of carbonyl (C=O) groups is 1. The number of nitro groups is 1. The van der Waals surface area contributed by atoms with Crippen LogP contribution >= 0.6 is 0 Å². The number of carbonyl (C=O) groups excluding carboxylic acids is 1. The van der Waals surface area contributed by atoms with E-state index < -0.39 is 16.6 Å². The number of hydrogen-bond donors (Lipinski definition) is 1. The van der Waals surface area contributed by atoms with Gasteiger partial charge in [-0.2, -0.15) is 4.68 Å². The van der Waals surface area contributed by atoms with Crippen LogP contribution in [0.2, 0.25) is 0 Å². The van der Waals surface area contributed by atoms with Gasteiger partial charge in [-0.05, 0) is 13.0 Å². The zero-order valence-electron chi connectivity index (χ0n) is 9.37. The Morgan fingerprint density at radius 2 is 2.28 bits per heavy atom. The van der Waals surface area contributed by atoms with E-state index >= 15 is 0 Å². The molecule has 8 heteroatoms. The lowest BCUT2D eigenvalue weighted by atomic mass is 10.2. The van der Waals surface area contributed by atoms with Gasteiger partial charge in [0.05, 0.1) is 17.0 Å². The van der Waals surface area contributed by atoms with Gasteiger partial charge in [0.25, 0.3) is 11.2 Å². The quantitative estimate of drug-likeness (QED) is 0.638. The van der Waals surface area contributed by atoms with Gasteiger partial charge in [-0.1, -0.05) is 6.07 Å². The number of nitro benzene ring substituents is 1. The monoisotopic (exact) mass is 251 g/mol. The summed E-state index contributed by atoms with van der Waals surface area (Å²) in [6.45, 7) is 1.75. The average Bonchev–Trinajstić information content (AvgIpc) is 2.67. The Balaban J connectivity index is 2.74. The van der Waals surface area contributed by atoms with Crippen molar-refractivity contribution in [3.05, 3.63) is 38.7 Å². The van der Waals surface area contributed by atoms with Crippen LogP contribution in [-0.4, -0.2) is 27.4 Å². The van der Waals surface area contributed by atoms with Gasteiger partial charge >= 0.3 is 6.09 Å². The Labute approximate surface area is 99.9 Å². The smallest absolute Gasteiger partial charge is 0.433 e. The molecule has 1 aromatic carbocycles. The predicted octanol–water partition coefficient (Wildman–Crippen LogP) is 1.24. The van der Waals surface area contributed by atoms with Crippen LogP contribution in [0.1, 0.15) is 6.92 Å². The molecule has 0 aliphatic heterocycles. The van der Waals surface area contributed by atoms with Crippen molar-refractivity contribution in [2.24, 2.45) is 0 Å². The summed E-state index contributed by atoms with van der Waals surface area (Å²) >= 11 is 0. The summed E-state index contributed by atoms with van der Waals surface area (Å²) in [5.41, 5.74) is -0.935. The lowest BCUT2D eigenvalue weighted by Crippen LogP contribution is -2.17. The predicted molar refractivity (Wildman–Crippen MR) is 61.6 cm³/mol. The van der Waals surface area contributed by atoms with Crippen LogP contribution in [0.15, 0.2) is 23.0 Å². The Bertz CT molecular complexity index is 684. The summed E-state index contributed by atoms with van der Waals surface area (Å²) < 4.78 is 5.59. The molecule has 0 amide bonds. The summed E-state index contributed by atoms with van der Waals surface area (Å²) in [4.78, 5) is 33.3. The second-order valence-electron chi connectivity index (χ2n) is 3.40. The molecule has 0 unspecified atom stereocenters. The molecule has 18 heavy (non-hydrogen) atoms. The van der Waals surface area contributed by atoms with Gasteiger partial charge in [0.1, 0.15) is 5.39 Å². The normalized spacial score (nSPS) is 10.5. The van der Waals surface area contributed by atoms with Gasteiger partial charge in [-0.15, -0.1) is 0 Å². The number of aromatic nitrogens is 2. The number of benzene rings is 1. The zero-order chi connectivity index (χ0) is 13.3. The molecule has 0 aliphatic rings. The van der Waals surface area contributed by atoms with Crippen molar-refractivity contribution in [3.63, 3.8) is 0 Å². The molecule has 2 aromatic rings. The number of hydrogen-bond acceptors (Lipinski definition) is 5. The molecule has 94 valence electrons. The lowest BCUT2D eigenvalue weighted by molar-refractivity contribution is -0.383. The third-order valence-corrected chi connectivity index (χ3v) is 2.35. The van der Waals surface area contributed by atoms with Crippen LogP contribution in [0.3, 0.4) is 0 Å². The minimum atomic E-state index is -0.787. The number of nitrogens with one attached hydrogen (secondary N) is 1. The van der Waals surface area contributed by atoms with Crippen LogP contribution in [0, 0.1) is 10.1 Å². The molecule has 8 nitrogen and oxygen atoms in total. The summed E-state index contributed by atoms with van der Waals surface area (Å²) in [6.07, 6.45) is -0.787. The van der Waals surface area contributed by atoms with Crippen molar-refractivity contribution in [1.29, 1.82) is 0 Å². The second-order valence-corrected chi connectivity index (χ2v) is 3.40. The maximum Gasteiger partial charge on any atom is 0.433 e. The van der Waals surface area contributed by atoms with Crippen molar-refractivity contribution < 1.29 is 14.5 Å². The number of non-ortho nitro benzene ring substituents is 1. The maximum absolute atomic E-state index is 11.6. The third kappa shape index (κ3) is 1.73. The molecule has 0 radical (unpaired) electrons. The van der Waals surface area contributed by atoms with E-state index in [0.29, 0.717) is 0 Å². The van der Waals surface area contributed by atoms with Gasteiger partial charge in [-0.3, -0.25) is 20.0 Å². The second kappa shape index (κ2) is 4.32. The first-order chi connectivity index (χ1) is 8.56. The lowest BCUT2D eigenvalue weighted by Gasteiger charge is -2.02. The van der Waals surface area contributed by atoms with E-state index in [9.17, 15) is 19.7 Å². The summed E-state index contributed by atoms with van der Waals surface area (Å²) in [5.74, 6) is 0. The number of nitrogens with zero attached hydrogens (tertiary/aromatic N) is 2. The zero-order valence-corrected chi connectivity index (χ0v) is 9.37. The van der Waals surface area contributed by atoms with Crippen LogP contribution in [0.4, 0.5) is 10.5 Å². The van der Waals surface area contributed by atoms with Crippen molar-refractivity contribution in [3.8, 4) is 0 Å². The standard InChI is InChI=1S/C10H9N3O5/c1-2-18-10(15)12-6-4-3-5-7(13(16)17)8(6)9(14)11-12/h3-5H,2H2,1H3,(H,11,14). The highest BCUT2D eigenvalue weighted by molar-refractivity contribution is 5.93. The molecule has 2 rings (SSSR count). The summed E-state index contributed by atoms with van der Waals surface area (Å²) in [7, 11) is 0. The van der Waals surface area contributed by atoms with E-state index in [4.69, 9.17) is 4.74 Å². The summed E-state index contributed by atoms with van der Waals surface area (Å²) in [5, 5.41) is 12.9. The first-order valence-corrected chi connectivity index (χ1v) is 5.11. The molecule has 0 bridgehead atoms. The van der Waals surface area contributed by atoms with E-state index in [-0.39, 0.29) is 23.2 Å². The van der Waals surface area contributed by atoms with Crippen LogP contribution in [0.25, 0.3) is 10.9 Å². The molecule has 0 fully saturated rings. The Morgan fingerprint density at radius 1 is 1.56 bits per heavy atom. The SMILES string of the molecule is CCOC(=O)n1[nH]c(=O)c2c([N+](=O)[O-])cccc21. The van der Waals surface area contributed by atoms with Gasteiger partial charge in [-0.25, -0.2) is 4.79 Å². The molecule has 1 heterocycles. The number of aromatic amines is 1. The van der Waals surface area contributed by atoms with E-state index in [1.165, 1.54) is 18.2 Å². The van der Waals surface area contributed by atoms with E-state index in [1.807, 2.05) is 0 Å². The summed E-state index contributed by atoms with van der Waals surface area (Å²) in [6, 6.07) is 4.02. The van der Waals surface area contributed by atoms with Gasteiger partial charge in [0.15, 0.2) is 0 Å². The fraction of sp³-hybridized carbons (Fsp3) is 0.200. The molecular formula is C10H9N3O5. The van der Waals surface area contributed by atoms with E-state index in [0.717, 1.165) is 4.68 Å². The fourth-order valence-electron chi connectivity index (χ4n) is 1.65. The molecule has 0 saturated carbocycles. The topological polar surface area (TPSA) is 107 Å². The molecule has 1 N–H and O–H groups in total.